The van der Waals surface area contributed by atoms with E-state index in [0.29, 0.717) is 16.5 Å². The third-order valence-corrected chi connectivity index (χ3v) is 6.58. The van der Waals surface area contributed by atoms with Crippen molar-refractivity contribution in [3.63, 3.8) is 0 Å². The molecular formula is C27H28ClN5O3. The molecule has 1 fully saturated rings. The van der Waals surface area contributed by atoms with Crippen molar-refractivity contribution in [3.05, 3.63) is 82.0 Å². The Morgan fingerprint density at radius 3 is 2.81 bits per heavy atom. The number of benzene rings is 1. The number of aliphatic hydroxyl groups excluding tert-OH is 1. The molecule has 0 bridgehead atoms. The van der Waals surface area contributed by atoms with Crippen molar-refractivity contribution >= 4 is 34.3 Å². The van der Waals surface area contributed by atoms with Crippen molar-refractivity contribution in [3.8, 4) is 5.75 Å². The number of rotatable bonds is 7. The minimum atomic E-state index is -0.278. The Kier molecular flexibility index (Phi) is 7.18. The molecule has 0 saturated carbocycles. The first-order chi connectivity index (χ1) is 17.5. The summed E-state index contributed by atoms with van der Waals surface area (Å²) in [6.45, 7) is 8.03. The number of halogens is 1. The minimum absolute atomic E-state index is 0.0437. The SMILES string of the molecule is Cc1cncc(Cl)c1[C@H](C)Oc1ccc2[nH]nc(/C(O)=C/c3ccc(CN4CCOCC4)nc3)c2c1. The van der Waals surface area contributed by atoms with Crippen molar-refractivity contribution in [2.24, 2.45) is 0 Å². The fourth-order valence-corrected chi connectivity index (χ4v) is 4.77. The van der Waals surface area contributed by atoms with Gasteiger partial charge in [-0.15, -0.1) is 0 Å². The number of hydrogen-bond acceptors (Lipinski definition) is 7. The fraction of sp³-hybridized carbons (Fsp3) is 0.296. The monoisotopic (exact) mass is 505 g/mol. The van der Waals surface area contributed by atoms with Gasteiger partial charge in [-0.25, -0.2) is 0 Å². The van der Waals surface area contributed by atoms with E-state index in [1.165, 1.54) is 0 Å². The molecule has 1 atom stereocenters. The molecule has 3 aromatic heterocycles. The highest BCUT2D eigenvalue weighted by Gasteiger charge is 2.17. The lowest BCUT2D eigenvalue weighted by molar-refractivity contribution is 0.0336. The first-order valence-electron chi connectivity index (χ1n) is 11.9. The quantitative estimate of drug-likeness (QED) is 0.327. The van der Waals surface area contributed by atoms with E-state index in [0.717, 1.165) is 66.1 Å². The van der Waals surface area contributed by atoms with Crippen molar-refractivity contribution in [1.82, 2.24) is 25.1 Å². The van der Waals surface area contributed by atoms with Crippen molar-refractivity contribution in [2.45, 2.75) is 26.5 Å². The van der Waals surface area contributed by atoms with E-state index >= 15 is 0 Å². The Balaban J connectivity index is 1.34. The number of fused-ring (bicyclic) bond motifs is 1. The Bertz CT molecular complexity index is 1360. The molecular weight excluding hydrogens is 478 g/mol. The van der Waals surface area contributed by atoms with Crippen LogP contribution in [0.25, 0.3) is 22.7 Å². The predicted octanol–water partition coefficient (Wildman–Crippen LogP) is 5.34. The molecule has 1 aliphatic heterocycles. The van der Waals surface area contributed by atoms with E-state index in [2.05, 4.69) is 25.1 Å². The smallest absolute Gasteiger partial charge is 0.144 e. The number of aliphatic hydroxyl groups is 1. The van der Waals surface area contributed by atoms with E-state index in [9.17, 15) is 5.11 Å². The van der Waals surface area contributed by atoms with Crippen LogP contribution in [0, 0.1) is 6.92 Å². The second kappa shape index (κ2) is 10.7. The number of morpholine rings is 1. The standard InChI is InChI=1S/C27H28ClN5O3/c1-17-13-29-15-23(28)26(17)18(2)36-21-5-6-24-22(12-21)27(32-31-24)25(34)11-19-3-4-20(30-14-19)16-33-7-9-35-10-8-33/h3-6,11-15,18,34H,7-10,16H2,1-2H3,(H,31,32)/b25-11-/t18-/m0/s1. The lowest BCUT2D eigenvalue weighted by Crippen LogP contribution is -2.35. The number of ether oxygens (including phenoxy) is 2. The molecule has 0 radical (unpaired) electrons. The van der Waals surface area contributed by atoms with E-state index in [1.54, 1.807) is 24.7 Å². The Morgan fingerprint density at radius 1 is 1.22 bits per heavy atom. The van der Waals surface area contributed by atoms with E-state index < -0.39 is 0 Å². The number of aromatic amines is 1. The lowest BCUT2D eigenvalue weighted by Gasteiger charge is -2.26. The van der Waals surface area contributed by atoms with Gasteiger partial charge in [0.15, 0.2) is 0 Å². The van der Waals surface area contributed by atoms with Crippen LogP contribution >= 0.6 is 11.6 Å². The van der Waals surface area contributed by atoms with E-state index in [4.69, 9.17) is 21.1 Å². The highest BCUT2D eigenvalue weighted by atomic mass is 35.5. The topological polar surface area (TPSA) is 96.4 Å². The van der Waals surface area contributed by atoms with Gasteiger partial charge in [-0.1, -0.05) is 17.7 Å². The largest absolute Gasteiger partial charge is 0.506 e. The molecule has 4 heterocycles. The number of pyridine rings is 2. The molecule has 5 rings (SSSR count). The van der Waals surface area contributed by atoms with E-state index in [-0.39, 0.29) is 11.9 Å². The van der Waals surface area contributed by atoms with Crippen LogP contribution in [0.5, 0.6) is 5.75 Å². The highest BCUT2D eigenvalue weighted by molar-refractivity contribution is 6.31. The highest BCUT2D eigenvalue weighted by Crippen LogP contribution is 2.32. The maximum Gasteiger partial charge on any atom is 0.144 e. The van der Waals surface area contributed by atoms with E-state index in [1.807, 2.05) is 44.2 Å². The Hall–Kier alpha value is -3.46. The van der Waals surface area contributed by atoms with Crippen LogP contribution < -0.4 is 4.74 Å². The summed E-state index contributed by atoms with van der Waals surface area (Å²) in [5, 5.41) is 19.5. The number of nitrogens with zero attached hydrogens (tertiary/aromatic N) is 4. The first-order valence-corrected chi connectivity index (χ1v) is 12.3. The van der Waals surface area contributed by atoms with Gasteiger partial charge in [-0.05, 0) is 55.3 Å². The molecule has 0 unspecified atom stereocenters. The van der Waals surface area contributed by atoms with Crippen molar-refractivity contribution in [1.29, 1.82) is 0 Å². The summed E-state index contributed by atoms with van der Waals surface area (Å²) in [4.78, 5) is 11.0. The Morgan fingerprint density at radius 2 is 2.06 bits per heavy atom. The zero-order valence-electron chi connectivity index (χ0n) is 20.2. The van der Waals surface area contributed by atoms with Gasteiger partial charge in [0.25, 0.3) is 0 Å². The summed E-state index contributed by atoms with van der Waals surface area (Å²) in [5.41, 5.74) is 4.87. The molecule has 1 aromatic carbocycles. The third kappa shape index (κ3) is 5.36. The average Bonchev–Trinajstić information content (AvgIpc) is 3.29. The first kappa shape index (κ1) is 24.2. The van der Waals surface area contributed by atoms with Crippen LogP contribution in [-0.4, -0.2) is 56.5 Å². The number of aromatic nitrogens is 4. The second-order valence-corrected chi connectivity index (χ2v) is 9.30. The van der Waals surface area contributed by atoms with Gasteiger partial charge >= 0.3 is 0 Å². The molecule has 0 aliphatic carbocycles. The summed E-state index contributed by atoms with van der Waals surface area (Å²) >= 11 is 6.36. The van der Waals surface area contributed by atoms with Crippen LogP contribution in [-0.2, 0) is 11.3 Å². The third-order valence-electron chi connectivity index (χ3n) is 6.27. The second-order valence-electron chi connectivity index (χ2n) is 8.89. The molecule has 1 aliphatic rings. The zero-order valence-corrected chi connectivity index (χ0v) is 21.0. The summed E-state index contributed by atoms with van der Waals surface area (Å²) in [7, 11) is 0. The fourth-order valence-electron chi connectivity index (χ4n) is 4.41. The number of H-pyrrole nitrogens is 1. The van der Waals surface area contributed by atoms with Crippen LogP contribution in [0.4, 0.5) is 0 Å². The zero-order chi connectivity index (χ0) is 25.1. The number of aryl methyl sites for hydroxylation is 1. The van der Waals surface area contributed by atoms with Crippen molar-refractivity contribution in [2.75, 3.05) is 26.3 Å². The summed E-state index contributed by atoms with van der Waals surface area (Å²) in [6, 6.07) is 9.54. The van der Waals surface area contributed by atoms with Crippen LogP contribution in [0.3, 0.4) is 0 Å². The van der Waals surface area contributed by atoms with Gasteiger partial charge in [0.05, 0.1) is 29.4 Å². The van der Waals surface area contributed by atoms with Gasteiger partial charge in [-0.2, -0.15) is 5.10 Å². The maximum absolute atomic E-state index is 10.9. The van der Waals surface area contributed by atoms with Crippen LogP contribution in [0.15, 0.2) is 48.9 Å². The molecule has 8 nitrogen and oxygen atoms in total. The molecule has 0 amide bonds. The number of hydrogen-bond donors (Lipinski definition) is 2. The van der Waals surface area contributed by atoms with Gasteiger partial charge < -0.3 is 14.6 Å². The molecule has 0 spiro atoms. The molecule has 186 valence electrons. The Labute approximate surface area is 214 Å². The number of nitrogens with one attached hydrogen (secondary N) is 1. The molecule has 9 heteroatoms. The lowest BCUT2D eigenvalue weighted by atomic mass is 10.1. The summed E-state index contributed by atoms with van der Waals surface area (Å²) in [6.07, 6.45) is 6.54. The van der Waals surface area contributed by atoms with Crippen LogP contribution in [0.2, 0.25) is 5.02 Å². The molecule has 36 heavy (non-hydrogen) atoms. The maximum atomic E-state index is 10.9. The van der Waals surface area contributed by atoms with Gasteiger partial charge in [0.2, 0.25) is 0 Å². The summed E-state index contributed by atoms with van der Waals surface area (Å²) < 4.78 is 11.6. The van der Waals surface area contributed by atoms with Gasteiger partial charge in [0, 0.05) is 49.2 Å². The normalized spacial score (nSPS) is 15.8. The summed E-state index contributed by atoms with van der Waals surface area (Å²) in [5.74, 6) is 0.689. The predicted molar refractivity (Wildman–Crippen MR) is 140 cm³/mol. The average molecular weight is 506 g/mol. The molecule has 2 N–H and O–H groups in total. The van der Waals surface area contributed by atoms with Crippen molar-refractivity contribution < 1.29 is 14.6 Å². The van der Waals surface area contributed by atoms with Crippen LogP contribution in [0.1, 0.15) is 41.1 Å². The van der Waals surface area contributed by atoms with Gasteiger partial charge in [-0.3, -0.25) is 20.0 Å². The minimum Gasteiger partial charge on any atom is -0.506 e. The molecule has 4 aromatic rings. The van der Waals surface area contributed by atoms with Gasteiger partial charge in [0.1, 0.15) is 23.3 Å². The molecule has 1 saturated heterocycles.